The molecule has 6 nitrogen and oxygen atoms in total. The van der Waals surface area contributed by atoms with Gasteiger partial charge in [-0.3, -0.25) is 0 Å². The number of benzene rings is 2. The van der Waals surface area contributed by atoms with Crippen LogP contribution in [0.4, 0.5) is 0 Å². The molecule has 0 aliphatic carbocycles. The van der Waals surface area contributed by atoms with Crippen LogP contribution in [-0.2, 0) is 12.8 Å². The van der Waals surface area contributed by atoms with Crippen molar-refractivity contribution in [2.24, 2.45) is 5.73 Å². The Labute approximate surface area is 177 Å². The van der Waals surface area contributed by atoms with Crippen LogP contribution < -0.4 is 5.73 Å². The third-order valence-corrected chi connectivity index (χ3v) is 5.02. The Morgan fingerprint density at radius 3 is 2.10 bits per heavy atom. The maximum atomic E-state index is 9.29. The number of halogens is 1. The van der Waals surface area contributed by atoms with Crippen LogP contribution in [0.1, 0.15) is 30.9 Å². The van der Waals surface area contributed by atoms with Gasteiger partial charge in [-0.25, -0.2) is 4.68 Å². The molecule has 0 saturated heterocycles. The van der Waals surface area contributed by atoms with Crippen LogP contribution in [0.15, 0.2) is 54.7 Å². The summed E-state index contributed by atoms with van der Waals surface area (Å²) in [5, 5.41) is 27.1. The SMILES string of the molecule is CCCc1ccc(-n2cc(-c3ccc(CCC(N)(CO)CO)cc3)nn2)cc1.Cl. The zero-order valence-electron chi connectivity index (χ0n) is 16.7. The lowest BCUT2D eigenvalue weighted by Crippen LogP contribution is -2.47. The van der Waals surface area contributed by atoms with Crippen molar-refractivity contribution in [1.29, 1.82) is 0 Å². The third-order valence-electron chi connectivity index (χ3n) is 5.02. The molecule has 0 aliphatic heterocycles. The second-order valence-electron chi connectivity index (χ2n) is 7.34. The normalized spacial score (nSPS) is 11.3. The van der Waals surface area contributed by atoms with Gasteiger partial charge in [-0.1, -0.05) is 55.0 Å². The lowest BCUT2D eigenvalue weighted by Gasteiger charge is -2.24. The van der Waals surface area contributed by atoms with Gasteiger partial charge < -0.3 is 15.9 Å². The van der Waals surface area contributed by atoms with Crippen molar-refractivity contribution < 1.29 is 10.2 Å². The van der Waals surface area contributed by atoms with Crippen LogP contribution in [0.5, 0.6) is 0 Å². The van der Waals surface area contributed by atoms with Gasteiger partial charge >= 0.3 is 0 Å². The summed E-state index contributed by atoms with van der Waals surface area (Å²) in [7, 11) is 0. The molecule has 4 N–H and O–H groups in total. The highest BCUT2D eigenvalue weighted by atomic mass is 35.5. The molecule has 0 unspecified atom stereocenters. The van der Waals surface area contributed by atoms with E-state index in [1.165, 1.54) is 5.56 Å². The predicted molar refractivity (Wildman–Crippen MR) is 117 cm³/mol. The van der Waals surface area contributed by atoms with Gasteiger partial charge in [-0.05, 0) is 42.5 Å². The molecule has 29 heavy (non-hydrogen) atoms. The van der Waals surface area contributed by atoms with E-state index in [0.29, 0.717) is 12.8 Å². The predicted octanol–water partition coefficient (Wildman–Crippen LogP) is 2.92. The lowest BCUT2D eigenvalue weighted by molar-refractivity contribution is 0.115. The summed E-state index contributed by atoms with van der Waals surface area (Å²) in [6.45, 7) is 1.71. The zero-order valence-corrected chi connectivity index (χ0v) is 17.5. The largest absolute Gasteiger partial charge is 0.394 e. The van der Waals surface area contributed by atoms with Gasteiger partial charge in [-0.2, -0.15) is 0 Å². The molecule has 0 spiro atoms. The molecule has 1 heterocycles. The average Bonchev–Trinajstić information content (AvgIpc) is 3.23. The van der Waals surface area contributed by atoms with Crippen LogP contribution in [-0.4, -0.2) is 44.0 Å². The van der Waals surface area contributed by atoms with Crippen molar-refractivity contribution >= 4 is 12.4 Å². The number of hydrogen-bond donors (Lipinski definition) is 3. The van der Waals surface area contributed by atoms with E-state index in [-0.39, 0.29) is 25.6 Å². The highest BCUT2D eigenvalue weighted by Gasteiger charge is 2.22. The van der Waals surface area contributed by atoms with Crippen molar-refractivity contribution in [3.63, 3.8) is 0 Å². The molecule has 0 amide bonds. The summed E-state index contributed by atoms with van der Waals surface area (Å²) in [5.41, 5.74) is 10.2. The molecule has 0 aliphatic rings. The Kier molecular flexibility index (Phi) is 8.34. The van der Waals surface area contributed by atoms with Crippen LogP contribution in [0.2, 0.25) is 0 Å². The highest BCUT2D eigenvalue weighted by molar-refractivity contribution is 5.85. The van der Waals surface area contributed by atoms with E-state index in [9.17, 15) is 10.2 Å². The van der Waals surface area contributed by atoms with Crippen molar-refractivity contribution in [3.05, 3.63) is 65.9 Å². The van der Waals surface area contributed by atoms with Gasteiger partial charge in [0.15, 0.2) is 0 Å². The highest BCUT2D eigenvalue weighted by Crippen LogP contribution is 2.20. The Balaban J connectivity index is 0.00000300. The van der Waals surface area contributed by atoms with E-state index in [1.54, 1.807) is 4.68 Å². The minimum Gasteiger partial charge on any atom is -0.394 e. The third kappa shape index (κ3) is 5.87. The standard InChI is InChI=1S/C22H28N4O2.ClH/c1-2-3-17-6-10-20(11-7-17)26-14-21(24-25-26)19-8-4-18(5-9-19)12-13-22(23,15-27)16-28;/h4-11,14,27-28H,2-3,12-13,15-16,23H2,1H3;1H. The first kappa shape index (κ1) is 23.0. The minimum atomic E-state index is -0.936. The van der Waals surface area contributed by atoms with Crippen molar-refractivity contribution in [1.82, 2.24) is 15.0 Å². The van der Waals surface area contributed by atoms with Crippen LogP contribution >= 0.6 is 12.4 Å². The zero-order chi connectivity index (χ0) is 20.0. The molecule has 1 aromatic heterocycles. The number of aliphatic hydroxyl groups excluding tert-OH is 2. The monoisotopic (exact) mass is 416 g/mol. The van der Waals surface area contributed by atoms with Crippen LogP contribution in [0.25, 0.3) is 16.9 Å². The number of hydrogen-bond acceptors (Lipinski definition) is 5. The van der Waals surface area contributed by atoms with E-state index in [1.807, 2.05) is 30.5 Å². The maximum Gasteiger partial charge on any atom is 0.113 e. The average molecular weight is 417 g/mol. The quantitative estimate of drug-likeness (QED) is 0.498. The fraction of sp³-hybridized carbons (Fsp3) is 0.364. The summed E-state index contributed by atoms with van der Waals surface area (Å²) in [4.78, 5) is 0. The molecule has 7 heteroatoms. The molecule has 0 fully saturated rings. The van der Waals surface area contributed by atoms with Crippen molar-refractivity contribution in [2.75, 3.05) is 13.2 Å². The topological polar surface area (TPSA) is 97.2 Å². The first-order chi connectivity index (χ1) is 13.6. The second kappa shape index (κ2) is 10.5. The molecule has 0 bridgehead atoms. The van der Waals surface area contributed by atoms with Gasteiger partial charge in [0, 0.05) is 5.56 Å². The minimum absolute atomic E-state index is 0. The van der Waals surface area contributed by atoms with Gasteiger partial charge in [0.05, 0.1) is 30.6 Å². The molecular weight excluding hydrogens is 388 g/mol. The van der Waals surface area contributed by atoms with Crippen molar-refractivity contribution in [3.8, 4) is 16.9 Å². The summed E-state index contributed by atoms with van der Waals surface area (Å²) in [5.74, 6) is 0. The van der Waals surface area contributed by atoms with E-state index in [0.717, 1.165) is 35.3 Å². The van der Waals surface area contributed by atoms with Gasteiger partial charge in [0.2, 0.25) is 0 Å². The molecular formula is C22H29ClN4O2. The number of nitrogens with zero attached hydrogens (tertiary/aromatic N) is 3. The fourth-order valence-corrected chi connectivity index (χ4v) is 3.07. The molecule has 0 atom stereocenters. The summed E-state index contributed by atoms with van der Waals surface area (Å²) in [6.07, 6.45) is 5.34. The smallest absolute Gasteiger partial charge is 0.113 e. The summed E-state index contributed by atoms with van der Waals surface area (Å²) >= 11 is 0. The van der Waals surface area contributed by atoms with E-state index in [4.69, 9.17) is 5.73 Å². The number of aryl methyl sites for hydroxylation is 2. The number of aromatic nitrogens is 3. The second-order valence-corrected chi connectivity index (χ2v) is 7.34. The molecule has 0 radical (unpaired) electrons. The first-order valence-electron chi connectivity index (χ1n) is 9.68. The maximum absolute atomic E-state index is 9.29. The van der Waals surface area contributed by atoms with Crippen LogP contribution in [0.3, 0.4) is 0 Å². The Hall–Kier alpha value is -2.25. The number of aliphatic hydroxyl groups is 2. The molecule has 156 valence electrons. The fourth-order valence-electron chi connectivity index (χ4n) is 3.07. The summed E-state index contributed by atoms with van der Waals surface area (Å²) < 4.78 is 1.78. The Morgan fingerprint density at radius 2 is 1.52 bits per heavy atom. The lowest BCUT2D eigenvalue weighted by atomic mass is 9.93. The molecule has 2 aromatic carbocycles. The molecule has 3 aromatic rings. The van der Waals surface area contributed by atoms with E-state index in [2.05, 4.69) is 41.5 Å². The van der Waals surface area contributed by atoms with Gasteiger partial charge in [-0.15, -0.1) is 17.5 Å². The Morgan fingerprint density at radius 1 is 0.931 bits per heavy atom. The first-order valence-corrected chi connectivity index (χ1v) is 9.68. The van der Waals surface area contributed by atoms with E-state index < -0.39 is 5.54 Å². The number of nitrogens with two attached hydrogens (primary N) is 1. The van der Waals surface area contributed by atoms with Gasteiger partial charge in [0.1, 0.15) is 5.69 Å². The number of rotatable bonds is 9. The van der Waals surface area contributed by atoms with E-state index >= 15 is 0 Å². The Bertz CT molecular complexity index is 875. The van der Waals surface area contributed by atoms with Crippen molar-refractivity contribution in [2.45, 2.75) is 38.1 Å². The van der Waals surface area contributed by atoms with Crippen LogP contribution in [0, 0.1) is 0 Å². The summed E-state index contributed by atoms with van der Waals surface area (Å²) in [6, 6.07) is 16.4. The molecule has 3 rings (SSSR count). The van der Waals surface area contributed by atoms with Gasteiger partial charge in [0.25, 0.3) is 0 Å². The molecule has 0 saturated carbocycles.